The minimum absolute atomic E-state index is 0.166. The third kappa shape index (κ3) is 3.02. The lowest BCUT2D eigenvalue weighted by molar-refractivity contribution is 0.313. The van der Waals surface area contributed by atoms with Crippen molar-refractivity contribution < 1.29 is 4.74 Å². The zero-order chi connectivity index (χ0) is 11.5. The van der Waals surface area contributed by atoms with Gasteiger partial charge in [0.1, 0.15) is 6.61 Å². The molecule has 0 amide bonds. The van der Waals surface area contributed by atoms with E-state index in [1.54, 1.807) is 0 Å². The van der Waals surface area contributed by atoms with Gasteiger partial charge in [-0.1, -0.05) is 53.9 Å². The highest BCUT2D eigenvalue weighted by atomic mass is 35.5. The first-order valence-electron chi connectivity index (χ1n) is 5.51. The predicted octanol–water partition coefficient (Wildman–Crippen LogP) is 3.50. The van der Waals surface area contributed by atoms with Crippen molar-refractivity contribution in [3.8, 4) is 0 Å². The van der Waals surface area contributed by atoms with Gasteiger partial charge in [0.2, 0.25) is 5.90 Å². The van der Waals surface area contributed by atoms with E-state index in [4.69, 9.17) is 27.9 Å². The maximum atomic E-state index is 5.69. The molecule has 0 saturated carbocycles. The molecule has 2 nitrogen and oxygen atoms in total. The molecular formula is C12H15Cl2NO. The van der Waals surface area contributed by atoms with E-state index in [-0.39, 0.29) is 6.04 Å². The maximum Gasteiger partial charge on any atom is 0.218 e. The Morgan fingerprint density at radius 2 is 2.38 bits per heavy atom. The van der Waals surface area contributed by atoms with Gasteiger partial charge < -0.3 is 4.74 Å². The van der Waals surface area contributed by atoms with Crippen LogP contribution in [-0.4, -0.2) is 23.4 Å². The van der Waals surface area contributed by atoms with Crippen LogP contribution in [0.1, 0.15) is 19.8 Å². The highest BCUT2D eigenvalue weighted by Crippen LogP contribution is 2.23. The second-order valence-electron chi connectivity index (χ2n) is 4.29. The van der Waals surface area contributed by atoms with E-state index in [1.807, 2.05) is 0 Å². The summed E-state index contributed by atoms with van der Waals surface area (Å²) in [6.45, 7) is 2.80. The summed E-state index contributed by atoms with van der Waals surface area (Å²) < 4.78 is 5.32. The summed E-state index contributed by atoms with van der Waals surface area (Å²) in [6.07, 6.45) is 8.72. The van der Waals surface area contributed by atoms with Crippen LogP contribution in [0, 0.1) is 5.92 Å². The van der Waals surface area contributed by atoms with Crippen molar-refractivity contribution in [2.75, 3.05) is 6.61 Å². The largest absolute Gasteiger partial charge is 0.477 e. The summed E-state index contributed by atoms with van der Waals surface area (Å²) >= 11 is 11.4. The van der Waals surface area contributed by atoms with E-state index in [0.29, 0.717) is 18.4 Å². The molecule has 2 unspecified atom stereocenters. The number of hydrogen-bond acceptors (Lipinski definition) is 2. The predicted molar refractivity (Wildman–Crippen MR) is 68.3 cm³/mol. The second kappa shape index (κ2) is 5.24. The van der Waals surface area contributed by atoms with Crippen molar-refractivity contribution in [3.63, 3.8) is 0 Å². The third-order valence-corrected chi connectivity index (χ3v) is 3.16. The number of aliphatic imine (C=N–C) groups is 1. The summed E-state index contributed by atoms with van der Waals surface area (Å²) in [5, 5.41) is 0. The first-order valence-corrected chi connectivity index (χ1v) is 6.38. The Labute approximate surface area is 106 Å². The average molecular weight is 260 g/mol. The first kappa shape index (κ1) is 12.0. The summed E-state index contributed by atoms with van der Waals surface area (Å²) in [7, 11) is 0. The van der Waals surface area contributed by atoms with Crippen LogP contribution in [-0.2, 0) is 4.74 Å². The fourth-order valence-corrected chi connectivity index (χ4v) is 2.09. The van der Waals surface area contributed by atoms with E-state index in [2.05, 4.69) is 30.1 Å². The fourth-order valence-electron chi connectivity index (χ4n) is 1.86. The Morgan fingerprint density at radius 1 is 1.56 bits per heavy atom. The van der Waals surface area contributed by atoms with Gasteiger partial charge in [0, 0.05) is 0 Å². The molecule has 0 aromatic rings. The Hall–Kier alpha value is -0.470. The van der Waals surface area contributed by atoms with E-state index < -0.39 is 4.84 Å². The Balaban J connectivity index is 1.90. The van der Waals surface area contributed by atoms with Crippen molar-refractivity contribution >= 4 is 29.1 Å². The molecule has 0 spiro atoms. The van der Waals surface area contributed by atoms with Crippen LogP contribution in [0.4, 0.5) is 0 Å². The smallest absolute Gasteiger partial charge is 0.218 e. The highest BCUT2D eigenvalue weighted by molar-refractivity contribution is 6.53. The van der Waals surface area contributed by atoms with Gasteiger partial charge in [0.25, 0.3) is 0 Å². The number of alkyl halides is 2. The Morgan fingerprint density at radius 3 is 2.94 bits per heavy atom. The number of nitrogens with zero attached hydrogens (tertiary/aromatic N) is 1. The minimum atomic E-state index is -0.638. The maximum absolute atomic E-state index is 5.69. The van der Waals surface area contributed by atoms with Gasteiger partial charge in [0.05, 0.1) is 6.04 Å². The van der Waals surface area contributed by atoms with Crippen LogP contribution in [0.25, 0.3) is 0 Å². The molecular weight excluding hydrogens is 245 g/mol. The molecule has 2 aliphatic rings. The van der Waals surface area contributed by atoms with Gasteiger partial charge >= 0.3 is 0 Å². The molecule has 2 rings (SSSR count). The first-order chi connectivity index (χ1) is 7.65. The van der Waals surface area contributed by atoms with Crippen LogP contribution in [0.15, 0.2) is 28.8 Å². The molecule has 1 aliphatic carbocycles. The van der Waals surface area contributed by atoms with Gasteiger partial charge in [0.15, 0.2) is 4.84 Å². The van der Waals surface area contributed by atoms with Crippen LogP contribution in [0.5, 0.6) is 0 Å². The SMILES string of the molecule is CC1C=CC(CC2COC(C(Cl)Cl)=N2)=CC1. The van der Waals surface area contributed by atoms with Crippen LogP contribution in [0.3, 0.4) is 0 Å². The number of hydrogen-bond donors (Lipinski definition) is 0. The molecule has 16 heavy (non-hydrogen) atoms. The molecule has 0 aromatic heterocycles. The molecule has 0 bridgehead atoms. The Bertz CT molecular complexity index is 347. The topological polar surface area (TPSA) is 21.6 Å². The van der Waals surface area contributed by atoms with Crippen LogP contribution in [0.2, 0.25) is 0 Å². The van der Waals surface area contributed by atoms with Crippen molar-refractivity contribution in [1.82, 2.24) is 0 Å². The van der Waals surface area contributed by atoms with Gasteiger partial charge in [-0.25, -0.2) is 4.99 Å². The molecule has 1 heterocycles. The Kier molecular flexibility index (Phi) is 3.93. The molecule has 0 N–H and O–H groups in total. The highest BCUT2D eigenvalue weighted by Gasteiger charge is 2.23. The number of halogens is 2. The summed E-state index contributed by atoms with van der Waals surface area (Å²) in [5.41, 5.74) is 1.33. The summed E-state index contributed by atoms with van der Waals surface area (Å²) in [5.74, 6) is 1.11. The zero-order valence-corrected chi connectivity index (χ0v) is 10.7. The number of ether oxygens (including phenoxy) is 1. The summed E-state index contributed by atoms with van der Waals surface area (Å²) in [6, 6.07) is 0.166. The van der Waals surface area contributed by atoms with Crippen LogP contribution < -0.4 is 0 Å². The average Bonchev–Trinajstić information content (AvgIpc) is 2.70. The molecule has 88 valence electrons. The van der Waals surface area contributed by atoms with Crippen molar-refractivity contribution in [2.24, 2.45) is 10.9 Å². The quantitative estimate of drug-likeness (QED) is 0.712. The lowest BCUT2D eigenvalue weighted by Gasteiger charge is -2.13. The molecule has 4 heteroatoms. The second-order valence-corrected chi connectivity index (χ2v) is 5.38. The molecule has 1 aliphatic heterocycles. The van der Waals surface area contributed by atoms with Crippen molar-refractivity contribution in [3.05, 3.63) is 23.8 Å². The van der Waals surface area contributed by atoms with E-state index in [0.717, 1.165) is 12.8 Å². The lowest BCUT2D eigenvalue weighted by Crippen LogP contribution is -2.09. The number of rotatable bonds is 3. The molecule has 2 atom stereocenters. The molecule has 0 fully saturated rings. The standard InChI is InChI=1S/C12H15Cl2NO/c1-8-2-4-9(5-3-8)6-10-7-16-12(15-10)11(13)14/h2,4-5,8,10-11H,3,6-7H2,1H3. The van der Waals surface area contributed by atoms with Gasteiger partial charge in [-0.05, 0) is 18.8 Å². The third-order valence-electron chi connectivity index (χ3n) is 2.78. The van der Waals surface area contributed by atoms with Crippen LogP contribution >= 0.6 is 23.2 Å². The molecule has 0 aromatic carbocycles. The normalized spacial score (nSPS) is 29.0. The zero-order valence-electron chi connectivity index (χ0n) is 9.20. The van der Waals surface area contributed by atoms with E-state index in [9.17, 15) is 0 Å². The number of allylic oxidation sites excluding steroid dienone is 3. The van der Waals surface area contributed by atoms with Crippen molar-refractivity contribution in [2.45, 2.75) is 30.6 Å². The molecule has 0 saturated heterocycles. The minimum Gasteiger partial charge on any atom is -0.477 e. The van der Waals surface area contributed by atoms with Crippen molar-refractivity contribution in [1.29, 1.82) is 0 Å². The van der Waals surface area contributed by atoms with E-state index in [1.165, 1.54) is 5.57 Å². The fraction of sp³-hybridized carbons (Fsp3) is 0.583. The monoisotopic (exact) mass is 259 g/mol. The molecule has 0 radical (unpaired) electrons. The van der Waals surface area contributed by atoms with Gasteiger partial charge in [-0.3, -0.25) is 0 Å². The lowest BCUT2D eigenvalue weighted by atomic mass is 9.95. The van der Waals surface area contributed by atoms with E-state index >= 15 is 0 Å². The summed E-state index contributed by atoms with van der Waals surface area (Å²) in [4.78, 5) is 3.72. The van der Waals surface area contributed by atoms with Gasteiger partial charge in [-0.15, -0.1) is 0 Å². The van der Waals surface area contributed by atoms with Gasteiger partial charge in [-0.2, -0.15) is 0 Å².